The van der Waals surface area contributed by atoms with E-state index in [-0.39, 0.29) is 11.9 Å². The second-order valence-electron chi connectivity index (χ2n) is 4.33. The number of rotatable bonds is 7. The van der Waals surface area contributed by atoms with Crippen LogP contribution >= 0.6 is 0 Å². The number of halogens is 1. The zero-order chi connectivity index (χ0) is 13.5. The topological polar surface area (TPSA) is 44.5 Å². The lowest BCUT2D eigenvalue weighted by molar-refractivity contribution is 0.350. The number of ether oxygens (including phenoxy) is 2. The van der Waals surface area contributed by atoms with Crippen LogP contribution in [0.15, 0.2) is 12.1 Å². The van der Waals surface area contributed by atoms with Gasteiger partial charge in [0.2, 0.25) is 0 Å². The van der Waals surface area contributed by atoms with E-state index in [1.54, 1.807) is 6.07 Å². The van der Waals surface area contributed by atoms with Crippen molar-refractivity contribution < 1.29 is 13.9 Å². The van der Waals surface area contributed by atoms with Crippen molar-refractivity contribution in [2.75, 3.05) is 14.2 Å². The molecule has 3 nitrogen and oxygen atoms in total. The molecule has 102 valence electrons. The monoisotopic (exact) mass is 255 g/mol. The quantitative estimate of drug-likeness (QED) is 0.759. The van der Waals surface area contributed by atoms with Crippen LogP contribution in [0.5, 0.6) is 11.5 Å². The molecule has 0 unspecified atom stereocenters. The Labute approximate surface area is 108 Å². The minimum atomic E-state index is -0.336. The Bertz CT molecular complexity index is 382. The number of benzene rings is 1. The van der Waals surface area contributed by atoms with E-state index in [2.05, 4.69) is 6.92 Å². The van der Waals surface area contributed by atoms with Crippen molar-refractivity contribution in [2.45, 2.75) is 38.6 Å². The molecule has 0 fully saturated rings. The summed E-state index contributed by atoms with van der Waals surface area (Å²) in [6.45, 7) is 2.13. The summed E-state index contributed by atoms with van der Waals surface area (Å²) in [4.78, 5) is 0. The van der Waals surface area contributed by atoms with E-state index < -0.39 is 0 Å². The maximum atomic E-state index is 13.9. The van der Waals surface area contributed by atoms with Gasteiger partial charge in [0.25, 0.3) is 0 Å². The SMILES string of the molecule is CCCCC[C@@H](N)c1cc(OC)c(OC)cc1F. The van der Waals surface area contributed by atoms with E-state index in [9.17, 15) is 4.39 Å². The predicted molar refractivity (Wildman–Crippen MR) is 70.6 cm³/mol. The molecule has 0 amide bonds. The van der Waals surface area contributed by atoms with Gasteiger partial charge in [0.1, 0.15) is 5.82 Å². The van der Waals surface area contributed by atoms with E-state index in [1.807, 2.05) is 0 Å². The zero-order valence-electron chi connectivity index (χ0n) is 11.3. The summed E-state index contributed by atoms with van der Waals surface area (Å²) in [5.74, 6) is 0.566. The highest BCUT2D eigenvalue weighted by Crippen LogP contribution is 2.33. The number of nitrogens with two attached hydrogens (primary N) is 1. The molecule has 0 saturated heterocycles. The summed E-state index contributed by atoms with van der Waals surface area (Å²) in [5.41, 5.74) is 6.50. The summed E-state index contributed by atoms with van der Waals surface area (Å²) in [6.07, 6.45) is 4.02. The molecular formula is C14H22FNO2. The first-order chi connectivity index (χ1) is 8.63. The van der Waals surface area contributed by atoms with Gasteiger partial charge in [0, 0.05) is 17.7 Å². The fourth-order valence-corrected chi connectivity index (χ4v) is 1.92. The van der Waals surface area contributed by atoms with Crippen molar-refractivity contribution in [3.63, 3.8) is 0 Å². The van der Waals surface area contributed by atoms with Crippen LogP contribution in [0.25, 0.3) is 0 Å². The van der Waals surface area contributed by atoms with Crippen LogP contribution in [0.1, 0.15) is 44.2 Å². The molecule has 4 heteroatoms. The van der Waals surface area contributed by atoms with Crippen molar-refractivity contribution in [2.24, 2.45) is 5.73 Å². The molecule has 0 radical (unpaired) electrons. The van der Waals surface area contributed by atoms with Crippen LogP contribution in [0, 0.1) is 5.82 Å². The molecule has 18 heavy (non-hydrogen) atoms. The van der Waals surface area contributed by atoms with Crippen molar-refractivity contribution in [1.29, 1.82) is 0 Å². The fourth-order valence-electron chi connectivity index (χ4n) is 1.92. The lowest BCUT2D eigenvalue weighted by Gasteiger charge is -2.16. The maximum Gasteiger partial charge on any atom is 0.163 e. The molecular weight excluding hydrogens is 233 g/mol. The summed E-state index contributed by atoms with van der Waals surface area (Å²) in [7, 11) is 3.01. The largest absolute Gasteiger partial charge is 0.493 e. The molecule has 0 saturated carbocycles. The van der Waals surface area contributed by atoms with Crippen LogP contribution < -0.4 is 15.2 Å². The average molecular weight is 255 g/mol. The molecule has 0 spiro atoms. The summed E-state index contributed by atoms with van der Waals surface area (Å²) < 4.78 is 24.1. The first-order valence-corrected chi connectivity index (χ1v) is 6.31. The van der Waals surface area contributed by atoms with Crippen LogP contribution in [0.4, 0.5) is 4.39 Å². The van der Waals surface area contributed by atoms with E-state index in [0.717, 1.165) is 25.7 Å². The average Bonchev–Trinajstić information content (AvgIpc) is 2.38. The Kier molecular flexibility index (Phi) is 5.92. The normalized spacial score (nSPS) is 12.3. The van der Waals surface area contributed by atoms with Crippen molar-refractivity contribution in [3.05, 3.63) is 23.5 Å². The Morgan fingerprint density at radius 3 is 2.33 bits per heavy atom. The highest BCUT2D eigenvalue weighted by molar-refractivity contribution is 5.44. The third-order valence-electron chi connectivity index (χ3n) is 3.02. The molecule has 1 aromatic carbocycles. The molecule has 1 rings (SSSR count). The molecule has 1 aromatic rings. The Balaban J connectivity index is 2.87. The lowest BCUT2D eigenvalue weighted by atomic mass is 10.0. The highest BCUT2D eigenvalue weighted by Gasteiger charge is 2.16. The van der Waals surface area contributed by atoms with Crippen LogP contribution in [0.2, 0.25) is 0 Å². The molecule has 0 bridgehead atoms. The van der Waals surface area contributed by atoms with Gasteiger partial charge in [-0.15, -0.1) is 0 Å². The Hall–Kier alpha value is -1.29. The van der Waals surface area contributed by atoms with Gasteiger partial charge in [-0.3, -0.25) is 0 Å². The minimum absolute atomic E-state index is 0.295. The molecule has 0 aromatic heterocycles. The molecule has 0 aliphatic heterocycles. The zero-order valence-corrected chi connectivity index (χ0v) is 11.3. The van der Waals surface area contributed by atoms with Crippen molar-refractivity contribution in [3.8, 4) is 11.5 Å². The van der Waals surface area contributed by atoms with E-state index in [1.165, 1.54) is 20.3 Å². The smallest absolute Gasteiger partial charge is 0.163 e. The lowest BCUT2D eigenvalue weighted by Crippen LogP contribution is -2.12. The molecule has 2 N–H and O–H groups in total. The van der Waals surface area contributed by atoms with Gasteiger partial charge in [-0.2, -0.15) is 0 Å². The van der Waals surface area contributed by atoms with Gasteiger partial charge >= 0.3 is 0 Å². The van der Waals surface area contributed by atoms with E-state index in [4.69, 9.17) is 15.2 Å². The molecule has 0 aliphatic rings. The standard InChI is InChI=1S/C14H22FNO2/c1-4-5-6-7-12(16)10-8-13(17-2)14(18-3)9-11(10)15/h8-9,12H,4-7,16H2,1-3H3/t12-/m1/s1. The maximum absolute atomic E-state index is 13.9. The second-order valence-corrected chi connectivity index (χ2v) is 4.33. The third kappa shape index (κ3) is 3.60. The van der Waals surface area contributed by atoms with Gasteiger partial charge in [-0.25, -0.2) is 4.39 Å². The van der Waals surface area contributed by atoms with Gasteiger partial charge in [0.15, 0.2) is 11.5 Å². The number of hydrogen-bond acceptors (Lipinski definition) is 3. The van der Waals surface area contributed by atoms with E-state index in [0.29, 0.717) is 17.1 Å². The van der Waals surface area contributed by atoms with Crippen molar-refractivity contribution >= 4 is 0 Å². The number of unbranched alkanes of at least 4 members (excludes halogenated alkanes) is 2. The van der Waals surface area contributed by atoms with E-state index >= 15 is 0 Å². The summed E-state index contributed by atoms with van der Waals surface area (Å²) in [5, 5.41) is 0. The number of hydrogen-bond donors (Lipinski definition) is 1. The van der Waals surface area contributed by atoms with Crippen LogP contribution in [-0.2, 0) is 0 Å². The molecule has 0 aliphatic carbocycles. The first kappa shape index (κ1) is 14.8. The summed E-state index contributed by atoms with van der Waals surface area (Å²) in [6, 6.07) is 2.66. The summed E-state index contributed by atoms with van der Waals surface area (Å²) >= 11 is 0. The molecule has 0 heterocycles. The third-order valence-corrected chi connectivity index (χ3v) is 3.02. The fraction of sp³-hybridized carbons (Fsp3) is 0.571. The highest BCUT2D eigenvalue weighted by atomic mass is 19.1. The number of methoxy groups -OCH3 is 2. The second kappa shape index (κ2) is 7.21. The Morgan fingerprint density at radius 1 is 1.17 bits per heavy atom. The minimum Gasteiger partial charge on any atom is -0.493 e. The predicted octanol–water partition coefficient (Wildman–Crippen LogP) is 3.42. The molecule has 1 atom stereocenters. The Morgan fingerprint density at radius 2 is 1.78 bits per heavy atom. The van der Waals surface area contributed by atoms with Crippen LogP contribution in [-0.4, -0.2) is 14.2 Å². The van der Waals surface area contributed by atoms with Gasteiger partial charge in [-0.05, 0) is 12.5 Å². The van der Waals surface area contributed by atoms with Crippen molar-refractivity contribution in [1.82, 2.24) is 0 Å². The first-order valence-electron chi connectivity index (χ1n) is 6.31. The van der Waals surface area contributed by atoms with Gasteiger partial charge < -0.3 is 15.2 Å². The van der Waals surface area contributed by atoms with Gasteiger partial charge in [0.05, 0.1) is 14.2 Å². The van der Waals surface area contributed by atoms with Gasteiger partial charge in [-0.1, -0.05) is 26.2 Å². The van der Waals surface area contributed by atoms with Crippen LogP contribution in [0.3, 0.4) is 0 Å².